The van der Waals surface area contributed by atoms with Crippen LogP contribution in [0.25, 0.3) is 0 Å². The zero-order valence-corrected chi connectivity index (χ0v) is 12.2. The number of rotatable bonds is 3. The van der Waals surface area contributed by atoms with E-state index >= 15 is 0 Å². The van der Waals surface area contributed by atoms with Crippen molar-refractivity contribution in [2.45, 2.75) is 47.6 Å². The molecule has 0 aromatic carbocycles. The summed E-state index contributed by atoms with van der Waals surface area (Å²) in [5.74, 6) is -0.0255. The van der Waals surface area contributed by atoms with Crippen LogP contribution in [-0.4, -0.2) is 28.9 Å². The Labute approximate surface area is 104 Å². The molecule has 0 aliphatic carbocycles. The van der Waals surface area contributed by atoms with E-state index in [2.05, 4.69) is 20.8 Å². The lowest BCUT2D eigenvalue weighted by molar-refractivity contribution is -0.139. The zero-order valence-electron chi connectivity index (χ0n) is 11.4. The van der Waals surface area contributed by atoms with E-state index in [1.165, 1.54) is 0 Å². The number of nitrogens with zero attached hydrogens (tertiary/aromatic N) is 1. The van der Waals surface area contributed by atoms with Crippen molar-refractivity contribution >= 4 is 23.1 Å². The Morgan fingerprint density at radius 1 is 1.25 bits per heavy atom. The number of carbonyl (C=O) groups is 1. The lowest BCUT2D eigenvalue weighted by Crippen LogP contribution is -2.51. The van der Waals surface area contributed by atoms with E-state index in [9.17, 15) is 4.79 Å². The summed E-state index contributed by atoms with van der Waals surface area (Å²) in [5, 5.41) is 0. The Kier molecular flexibility index (Phi) is 4.51. The van der Waals surface area contributed by atoms with Gasteiger partial charge >= 0.3 is 0 Å². The molecule has 0 aromatic heterocycles. The predicted octanol–water partition coefficient (Wildman–Crippen LogP) is 2.19. The number of hydrogen-bond acceptors (Lipinski definition) is 2. The molecule has 0 saturated heterocycles. The van der Waals surface area contributed by atoms with Gasteiger partial charge in [0.2, 0.25) is 5.91 Å². The van der Waals surface area contributed by atoms with E-state index < -0.39 is 5.41 Å². The minimum Gasteiger partial charge on any atom is -0.392 e. The molecule has 1 unspecified atom stereocenters. The van der Waals surface area contributed by atoms with Crippen LogP contribution in [0.2, 0.25) is 0 Å². The fourth-order valence-electron chi connectivity index (χ4n) is 1.30. The van der Waals surface area contributed by atoms with Crippen LogP contribution in [0.1, 0.15) is 41.5 Å². The van der Waals surface area contributed by atoms with Gasteiger partial charge in [0, 0.05) is 13.1 Å². The van der Waals surface area contributed by atoms with Crippen LogP contribution in [0, 0.1) is 10.8 Å². The van der Waals surface area contributed by atoms with Gasteiger partial charge in [0.15, 0.2) is 0 Å². The molecule has 16 heavy (non-hydrogen) atoms. The smallest absolute Gasteiger partial charge is 0.235 e. The molecule has 94 valence electrons. The van der Waals surface area contributed by atoms with Gasteiger partial charge in [-0.3, -0.25) is 4.79 Å². The predicted molar refractivity (Wildman–Crippen MR) is 72.3 cm³/mol. The first-order valence-corrected chi connectivity index (χ1v) is 5.90. The minimum absolute atomic E-state index is 0.0255. The highest BCUT2D eigenvalue weighted by molar-refractivity contribution is 7.80. The fraction of sp³-hybridized carbons (Fsp3) is 0.833. The van der Waals surface area contributed by atoms with Gasteiger partial charge in [-0.2, -0.15) is 0 Å². The summed E-state index contributed by atoms with van der Waals surface area (Å²) in [4.78, 5) is 14.2. The third-order valence-corrected chi connectivity index (χ3v) is 3.82. The molecule has 0 fully saturated rings. The van der Waals surface area contributed by atoms with Crippen LogP contribution < -0.4 is 5.73 Å². The van der Waals surface area contributed by atoms with Crippen LogP contribution in [0.5, 0.6) is 0 Å². The summed E-state index contributed by atoms with van der Waals surface area (Å²) in [6, 6.07) is 0.133. The molecule has 0 saturated carbocycles. The van der Waals surface area contributed by atoms with Crippen molar-refractivity contribution < 1.29 is 4.79 Å². The lowest BCUT2D eigenvalue weighted by atomic mass is 9.84. The second kappa shape index (κ2) is 4.70. The largest absolute Gasteiger partial charge is 0.392 e. The molecule has 0 spiro atoms. The summed E-state index contributed by atoms with van der Waals surface area (Å²) in [5.41, 5.74) is 4.87. The number of hydrogen-bond donors (Lipinski definition) is 1. The van der Waals surface area contributed by atoms with E-state index in [-0.39, 0.29) is 22.4 Å². The number of carbonyl (C=O) groups excluding carboxylic acids is 1. The maximum absolute atomic E-state index is 12.3. The Morgan fingerprint density at radius 3 is 1.88 bits per heavy atom. The normalized spacial score (nSPS) is 14.4. The standard InChI is InChI=1S/C12H24N2OS/c1-8(11(2,3)4)14(7)10(15)12(5,6)9(13)16/h8H,1-7H3,(H2,13,16). The fourth-order valence-corrected chi connectivity index (χ4v) is 1.39. The highest BCUT2D eigenvalue weighted by Gasteiger charge is 2.37. The van der Waals surface area contributed by atoms with Crippen LogP contribution in [0.3, 0.4) is 0 Å². The Balaban J connectivity index is 4.96. The first kappa shape index (κ1) is 15.4. The van der Waals surface area contributed by atoms with Crippen molar-refractivity contribution in [2.75, 3.05) is 7.05 Å². The molecular formula is C12H24N2OS. The number of amides is 1. The first-order valence-electron chi connectivity index (χ1n) is 5.49. The van der Waals surface area contributed by atoms with E-state index in [1.807, 2.05) is 6.92 Å². The zero-order chi connectivity index (χ0) is 13.3. The van der Waals surface area contributed by atoms with Gasteiger partial charge in [0.1, 0.15) is 0 Å². The molecule has 1 atom stereocenters. The van der Waals surface area contributed by atoms with E-state index in [1.54, 1.807) is 25.8 Å². The van der Waals surface area contributed by atoms with Crippen LogP contribution in [0.4, 0.5) is 0 Å². The van der Waals surface area contributed by atoms with Crippen LogP contribution in [0.15, 0.2) is 0 Å². The second-order valence-corrected chi connectivity index (χ2v) is 6.39. The summed E-state index contributed by atoms with van der Waals surface area (Å²) < 4.78 is 0. The average molecular weight is 244 g/mol. The molecule has 0 heterocycles. The molecule has 4 heteroatoms. The lowest BCUT2D eigenvalue weighted by Gasteiger charge is -2.39. The van der Waals surface area contributed by atoms with Crippen LogP contribution >= 0.6 is 12.2 Å². The molecule has 0 aliphatic rings. The van der Waals surface area contributed by atoms with Gasteiger partial charge in [-0.15, -0.1) is 0 Å². The van der Waals surface area contributed by atoms with Crippen molar-refractivity contribution in [3.05, 3.63) is 0 Å². The highest BCUT2D eigenvalue weighted by atomic mass is 32.1. The van der Waals surface area contributed by atoms with Gasteiger partial charge < -0.3 is 10.6 Å². The van der Waals surface area contributed by atoms with E-state index in [4.69, 9.17) is 18.0 Å². The third-order valence-electron chi connectivity index (χ3n) is 3.31. The van der Waals surface area contributed by atoms with Gasteiger partial charge in [-0.1, -0.05) is 33.0 Å². The van der Waals surface area contributed by atoms with Gasteiger partial charge in [0.25, 0.3) is 0 Å². The maximum atomic E-state index is 12.3. The molecule has 0 aromatic rings. The molecule has 0 aliphatic heterocycles. The molecule has 2 N–H and O–H groups in total. The number of nitrogens with two attached hydrogens (primary N) is 1. The quantitative estimate of drug-likeness (QED) is 0.774. The van der Waals surface area contributed by atoms with Crippen LogP contribution in [-0.2, 0) is 4.79 Å². The summed E-state index contributed by atoms with van der Waals surface area (Å²) in [7, 11) is 1.80. The van der Waals surface area contributed by atoms with E-state index in [0.29, 0.717) is 0 Å². The SMILES string of the molecule is CC(N(C)C(=O)C(C)(C)C(N)=S)C(C)(C)C. The molecular weight excluding hydrogens is 220 g/mol. The van der Waals surface area contributed by atoms with Crippen molar-refractivity contribution in [1.82, 2.24) is 4.90 Å². The van der Waals surface area contributed by atoms with Crippen molar-refractivity contribution in [2.24, 2.45) is 16.6 Å². The van der Waals surface area contributed by atoms with Gasteiger partial charge in [-0.25, -0.2) is 0 Å². The summed E-state index contributed by atoms with van der Waals surface area (Å²) in [6.07, 6.45) is 0. The highest BCUT2D eigenvalue weighted by Crippen LogP contribution is 2.27. The van der Waals surface area contributed by atoms with E-state index in [0.717, 1.165) is 0 Å². The minimum atomic E-state index is -0.774. The van der Waals surface area contributed by atoms with Crippen molar-refractivity contribution in [3.63, 3.8) is 0 Å². The second-order valence-electron chi connectivity index (χ2n) is 5.95. The molecule has 0 rings (SSSR count). The first-order chi connectivity index (χ1) is 6.92. The monoisotopic (exact) mass is 244 g/mol. The number of thiocarbonyl (C=S) groups is 1. The molecule has 0 radical (unpaired) electrons. The maximum Gasteiger partial charge on any atom is 0.235 e. The molecule has 3 nitrogen and oxygen atoms in total. The summed E-state index contributed by atoms with van der Waals surface area (Å²) >= 11 is 4.94. The molecule has 0 bridgehead atoms. The topological polar surface area (TPSA) is 46.3 Å². The molecule has 1 amide bonds. The van der Waals surface area contributed by atoms with Crippen molar-refractivity contribution in [3.8, 4) is 0 Å². The van der Waals surface area contributed by atoms with Gasteiger partial charge in [-0.05, 0) is 26.2 Å². The van der Waals surface area contributed by atoms with Crippen molar-refractivity contribution in [1.29, 1.82) is 0 Å². The third kappa shape index (κ3) is 3.17. The Hall–Kier alpha value is -0.640. The average Bonchev–Trinajstić information content (AvgIpc) is 2.12. The Bertz CT molecular complexity index is 292. The van der Waals surface area contributed by atoms with Gasteiger partial charge in [0.05, 0.1) is 10.4 Å². The summed E-state index contributed by atoms with van der Waals surface area (Å²) in [6.45, 7) is 11.9. The Morgan fingerprint density at radius 2 is 1.62 bits per heavy atom.